The fourth-order valence-electron chi connectivity index (χ4n) is 3.66. The van der Waals surface area contributed by atoms with Crippen LogP contribution in [0.2, 0.25) is 0 Å². The van der Waals surface area contributed by atoms with E-state index in [1.54, 1.807) is 4.90 Å². The number of nitrogens with one attached hydrogen (secondary N) is 1. The number of aromatic nitrogens is 2. The standard InChI is InChI=1S/C17H25N5O2/c1-21(17(23)18-9-14-5-3-7-24-14)13-10-22(11-13)16-8-12-4-2-6-15(12)19-20-16/h8,13-14H,2-7,9-11H2,1H3,(H,18,23). The average molecular weight is 331 g/mol. The third-order valence-corrected chi connectivity index (χ3v) is 5.37. The first-order valence-electron chi connectivity index (χ1n) is 8.93. The molecule has 1 unspecified atom stereocenters. The smallest absolute Gasteiger partial charge is 0.317 e. The molecular formula is C17H25N5O2. The van der Waals surface area contributed by atoms with Crippen LogP contribution in [0.4, 0.5) is 10.6 Å². The van der Waals surface area contributed by atoms with Gasteiger partial charge in [-0.25, -0.2) is 4.79 Å². The van der Waals surface area contributed by atoms with Crippen LogP contribution in [0.5, 0.6) is 0 Å². The van der Waals surface area contributed by atoms with Gasteiger partial charge in [0.05, 0.1) is 17.8 Å². The van der Waals surface area contributed by atoms with Crippen LogP contribution >= 0.6 is 0 Å². The number of nitrogens with zero attached hydrogens (tertiary/aromatic N) is 4. The van der Waals surface area contributed by atoms with Gasteiger partial charge >= 0.3 is 6.03 Å². The minimum absolute atomic E-state index is 0.0183. The van der Waals surface area contributed by atoms with Crippen molar-refractivity contribution in [1.82, 2.24) is 20.4 Å². The molecule has 1 aromatic heterocycles. The normalized spacial score (nSPS) is 23.0. The Morgan fingerprint density at radius 2 is 2.25 bits per heavy atom. The van der Waals surface area contributed by atoms with Crippen LogP contribution in [0.25, 0.3) is 0 Å². The predicted molar refractivity (Wildman–Crippen MR) is 90.2 cm³/mol. The average Bonchev–Trinajstić information content (AvgIpc) is 3.21. The first kappa shape index (κ1) is 15.6. The molecule has 2 amide bonds. The zero-order chi connectivity index (χ0) is 16.5. The van der Waals surface area contributed by atoms with E-state index in [9.17, 15) is 4.79 Å². The van der Waals surface area contributed by atoms with E-state index in [1.165, 1.54) is 12.0 Å². The van der Waals surface area contributed by atoms with Crippen LogP contribution in [0, 0.1) is 0 Å². The van der Waals surface area contributed by atoms with Gasteiger partial charge in [-0.05, 0) is 43.7 Å². The van der Waals surface area contributed by atoms with Gasteiger partial charge < -0.3 is 19.9 Å². The highest BCUT2D eigenvalue weighted by atomic mass is 16.5. The number of anilines is 1. The van der Waals surface area contributed by atoms with E-state index >= 15 is 0 Å². The number of aryl methyl sites for hydroxylation is 2. The summed E-state index contributed by atoms with van der Waals surface area (Å²) in [6.45, 7) is 3.06. The summed E-state index contributed by atoms with van der Waals surface area (Å²) in [5.41, 5.74) is 2.49. The summed E-state index contributed by atoms with van der Waals surface area (Å²) in [6, 6.07) is 2.38. The number of rotatable bonds is 4. The fourth-order valence-corrected chi connectivity index (χ4v) is 3.66. The summed E-state index contributed by atoms with van der Waals surface area (Å²) in [5, 5.41) is 11.7. The highest BCUT2D eigenvalue weighted by Crippen LogP contribution is 2.26. The molecule has 1 aromatic rings. The molecule has 3 aliphatic rings. The van der Waals surface area contributed by atoms with Gasteiger partial charge in [0.1, 0.15) is 0 Å². The SMILES string of the molecule is CN(C(=O)NCC1CCCO1)C1CN(c2cc3c(nn2)CCC3)C1. The van der Waals surface area contributed by atoms with E-state index in [0.29, 0.717) is 6.54 Å². The number of ether oxygens (including phenoxy) is 1. The molecule has 1 aliphatic carbocycles. The molecule has 3 heterocycles. The Balaban J connectivity index is 1.26. The zero-order valence-electron chi connectivity index (χ0n) is 14.2. The lowest BCUT2D eigenvalue weighted by atomic mass is 10.1. The molecule has 7 heteroatoms. The van der Waals surface area contributed by atoms with E-state index < -0.39 is 0 Å². The number of hydrogen-bond acceptors (Lipinski definition) is 5. The van der Waals surface area contributed by atoms with Gasteiger partial charge in [0.25, 0.3) is 0 Å². The van der Waals surface area contributed by atoms with Crippen LogP contribution in [-0.4, -0.2) is 66.6 Å². The van der Waals surface area contributed by atoms with Crippen molar-refractivity contribution in [3.8, 4) is 0 Å². The quantitative estimate of drug-likeness (QED) is 0.890. The number of amides is 2. The van der Waals surface area contributed by atoms with Gasteiger partial charge in [0.15, 0.2) is 5.82 Å². The van der Waals surface area contributed by atoms with Crippen molar-refractivity contribution in [2.45, 2.75) is 44.2 Å². The third kappa shape index (κ3) is 3.05. The molecule has 2 fully saturated rings. The van der Waals surface area contributed by atoms with Crippen molar-refractivity contribution in [1.29, 1.82) is 0 Å². The first-order chi connectivity index (χ1) is 11.7. The van der Waals surface area contributed by atoms with Gasteiger partial charge in [-0.3, -0.25) is 0 Å². The van der Waals surface area contributed by atoms with Gasteiger partial charge in [-0.2, -0.15) is 5.10 Å². The maximum Gasteiger partial charge on any atom is 0.317 e. The van der Waals surface area contributed by atoms with Crippen molar-refractivity contribution < 1.29 is 9.53 Å². The fraction of sp³-hybridized carbons (Fsp3) is 0.706. The Morgan fingerprint density at radius 1 is 1.38 bits per heavy atom. The maximum atomic E-state index is 12.2. The molecule has 0 saturated carbocycles. The van der Waals surface area contributed by atoms with E-state index in [-0.39, 0.29) is 18.2 Å². The summed E-state index contributed by atoms with van der Waals surface area (Å²) >= 11 is 0. The van der Waals surface area contributed by atoms with Crippen molar-refractivity contribution in [3.05, 3.63) is 17.3 Å². The molecule has 1 N–H and O–H groups in total. The number of likely N-dealkylation sites (N-methyl/N-ethyl adjacent to an activating group) is 1. The molecule has 130 valence electrons. The monoisotopic (exact) mass is 331 g/mol. The zero-order valence-corrected chi connectivity index (χ0v) is 14.2. The van der Waals surface area contributed by atoms with Crippen LogP contribution in [0.1, 0.15) is 30.5 Å². The summed E-state index contributed by atoms with van der Waals surface area (Å²) in [4.78, 5) is 16.2. The Bertz CT molecular complexity index is 611. The number of carbonyl (C=O) groups is 1. The van der Waals surface area contributed by atoms with Gasteiger partial charge in [-0.15, -0.1) is 5.10 Å². The molecule has 2 saturated heterocycles. The highest BCUT2D eigenvalue weighted by molar-refractivity contribution is 5.74. The molecular weight excluding hydrogens is 306 g/mol. The van der Waals surface area contributed by atoms with Crippen molar-refractivity contribution in [2.24, 2.45) is 0 Å². The maximum absolute atomic E-state index is 12.2. The molecule has 24 heavy (non-hydrogen) atoms. The Kier molecular flexibility index (Phi) is 4.26. The van der Waals surface area contributed by atoms with Gasteiger partial charge in [-0.1, -0.05) is 0 Å². The molecule has 0 radical (unpaired) electrons. The molecule has 7 nitrogen and oxygen atoms in total. The highest BCUT2D eigenvalue weighted by Gasteiger charge is 2.34. The predicted octanol–water partition coefficient (Wildman–Crippen LogP) is 0.974. The van der Waals surface area contributed by atoms with Gasteiger partial charge in [0, 0.05) is 33.3 Å². The molecule has 0 aromatic carbocycles. The molecule has 1 atom stereocenters. The van der Waals surface area contributed by atoms with Gasteiger partial charge in [0.2, 0.25) is 0 Å². The largest absolute Gasteiger partial charge is 0.376 e. The minimum atomic E-state index is -0.0183. The van der Waals surface area contributed by atoms with E-state index in [1.807, 2.05) is 7.05 Å². The lowest BCUT2D eigenvalue weighted by molar-refractivity contribution is 0.107. The van der Waals surface area contributed by atoms with E-state index in [4.69, 9.17) is 4.74 Å². The number of fused-ring (bicyclic) bond motifs is 1. The van der Waals surface area contributed by atoms with E-state index in [2.05, 4.69) is 26.5 Å². The summed E-state index contributed by atoms with van der Waals surface area (Å²) in [7, 11) is 1.86. The van der Waals surface area contributed by atoms with Crippen LogP contribution < -0.4 is 10.2 Å². The molecule has 2 aliphatic heterocycles. The van der Waals surface area contributed by atoms with E-state index in [0.717, 1.165) is 56.9 Å². The second-order valence-corrected chi connectivity index (χ2v) is 7.02. The summed E-state index contributed by atoms with van der Waals surface area (Å²) in [6.07, 6.45) is 5.67. The number of carbonyl (C=O) groups excluding carboxylic acids is 1. The molecule has 4 rings (SSSR count). The second-order valence-electron chi connectivity index (χ2n) is 7.02. The summed E-state index contributed by atoms with van der Waals surface area (Å²) < 4.78 is 5.54. The Morgan fingerprint density at radius 3 is 3.04 bits per heavy atom. The van der Waals surface area contributed by atoms with Crippen molar-refractivity contribution in [3.63, 3.8) is 0 Å². The number of hydrogen-bond donors (Lipinski definition) is 1. The van der Waals surface area contributed by atoms with Crippen molar-refractivity contribution in [2.75, 3.05) is 38.2 Å². The Hall–Kier alpha value is -1.89. The van der Waals surface area contributed by atoms with Crippen molar-refractivity contribution >= 4 is 11.8 Å². The lowest BCUT2D eigenvalue weighted by Gasteiger charge is -2.44. The topological polar surface area (TPSA) is 70.6 Å². The molecule has 0 bridgehead atoms. The Labute approximate surface area is 142 Å². The number of urea groups is 1. The minimum Gasteiger partial charge on any atom is -0.376 e. The third-order valence-electron chi connectivity index (χ3n) is 5.37. The van der Waals surface area contributed by atoms with Crippen LogP contribution in [0.15, 0.2) is 6.07 Å². The second kappa shape index (κ2) is 6.55. The lowest BCUT2D eigenvalue weighted by Crippen LogP contribution is -2.61. The summed E-state index contributed by atoms with van der Waals surface area (Å²) in [5.74, 6) is 0.945. The van der Waals surface area contributed by atoms with Crippen LogP contribution in [0.3, 0.4) is 0 Å². The molecule has 0 spiro atoms. The first-order valence-corrected chi connectivity index (χ1v) is 8.93. The van der Waals surface area contributed by atoms with Crippen LogP contribution in [-0.2, 0) is 17.6 Å².